The quantitative estimate of drug-likeness (QED) is 0.184. The first-order valence-electron chi connectivity index (χ1n) is 9.70. The van der Waals surface area contributed by atoms with E-state index in [1.165, 1.54) is 11.1 Å². The Labute approximate surface area is 229 Å². The van der Waals surface area contributed by atoms with Crippen molar-refractivity contribution < 1.29 is 23.7 Å². The highest BCUT2D eigenvalue weighted by molar-refractivity contribution is 5.86. The standard InChI is InChI=1S/C12H16O.C6H10O2.C5H10O2.8CH4/c1-4-13-9-11-5-7-12(8-6-11)10(2)3;1-4-8-6(7)5(2)3;1-2-6-3-5-4-7-5;;;;;;;;/h5-8H,2,4,9H2,1,3H3;2,4H2,1,3H3;5H,2-4H2,1H3;8*1H4. The molecular formula is C31H68O5. The highest BCUT2D eigenvalue weighted by atomic mass is 16.6. The molecule has 1 atom stereocenters. The van der Waals surface area contributed by atoms with Crippen LogP contribution in [0.1, 0.15) is 105 Å². The van der Waals surface area contributed by atoms with E-state index in [1.54, 1.807) is 13.8 Å². The van der Waals surface area contributed by atoms with Gasteiger partial charge in [0.15, 0.2) is 0 Å². The average molecular weight is 521 g/mol. The number of carbonyl (C=O) groups excluding carboxylic acids is 1. The van der Waals surface area contributed by atoms with E-state index in [4.69, 9.17) is 14.2 Å². The Hall–Kier alpha value is -1.95. The molecule has 36 heavy (non-hydrogen) atoms. The summed E-state index contributed by atoms with van der Waals surface area (Å²) in [7, 11) is 0. The Kier molecular flexibility index (Phi) is 61.9. The Morgan fingerprint density at radius 3 is 1.56 bits per heavy atom. The molecule has 2 rings (SSSR count). The third-order valence-corrected chi connectivity index (χ3v) is 3.45. The molecule has 0 amide bonds. The lowest BCUT2D eigenvalue weighted by atomic mass is 10.1. The molecule has 5 heteroatoms. The average Bonchev–Trinajstić information content (AvgIpc) is 3.50. The third-order valence-electron chi connectivity index (χ3n) is 3.45. The molecule has 0 saturated carbocycles. The normalized spacial score (nSPS) is 10.9. The summed E-state index contributed by atoms with van der Waals surface area (Å²) in [6.07, 6.45) is 0.431. The lowest BCUT2D eigenvalue weighted by Crippen LogP contribution is -2.03. The van der Waals surface area contributed by atoms with Crippen LogP contribution in [0.4, 0.5) is 0 Å². The first-order valence-corrected chi connectivity index (χ1v) is 9.70. The highest BCUT2D eigenvalue weighted by Gasteiger charge is 2.21. The largest absolute Gasteiger partial charge is 0.463 e. The topological polar surface area (TPSA) is 57.3 Å². The number of rotatable bonds is 9. The molecule has 1 aliphatic heterocycles. The molecule has 0 aromatic heterocycles. The fourth-order valence-electron chi connectivity index (χ4n) is 1.77. The number of hydrogen-bond donors (Lipinski definition) is 0. The molecule has 222 valence electrons. The van der Waals surface area contributed by atoms with Gasteiger partial charge in [0.05, 0.1) is 26.4 Å². The number of epoxide rings is 1. The van der Waals surface area contributed by atoms with Gasteiger partial charge in [-0.25, -0.2) is 4.79 Å². The summed E-state index contributed by atoms with van der Waals surface area (Å²) in [4.78, 5) is 10.4. The second kappa shape index (κ2) is 37.6. The third kappa shape index (κ3) is 34.2. The number of esters is 1. The van der Waals surface area contributed by atoms with E-state index < -0.39 is 0 Å². The van der Waals surface area contributed by atoms with E-state index in [2.05, 4.69) is 42.2 Å². The fraction of sp³-hybridized carbons (Fsp3) is 0.645. The van der Waals surface area contributed by atoms with Crippen LogP contribution in [0, 0.1) is 0 Å². The van der Waals surface area contributed by atoms with Crippen molar-refractivity contribution in [2.75, 3.05) is 33.0 Å². The summed E-state index contributed by atoms with van der Waals surface area (Å²) in [5, 5.41) is 0. The predicted molar refractivity (Wildman–Crippen MR) is 168 cm³/mol. The molecule has 1 saturated heterocycles. The van der Waals surface area contributed by atoms with E-state index in [9.17, 15) is 4.79 Å². The van der Waals surface area contributed by atoms with Gasteiger partial charge in [0.25, 0.3) is 0 Å². The monoisotopic (exact) mass is 521 g/mol. The number of allylic oxidation sites excluding steroid dienone is 1. The van der Waals surface area contributed by atoms with Gasteiger partial charge < -0.3 is 18.9 Å². The summed E-state index contributed by atoms with van der Waals surface area (Å²) in [6.45, 7) is 21.1. The SMILES string of the molecule is C.C.C.C.C.C.C.C.C=C(C)C(=O)OCC.C=C(C)c1ccc(COCC)cc1.CCOCC1CO1. The fourth-order valence-corrected chi connectivity index (χ4v) is 1.77. The molecule has 1 aromatic carbocycles. The zero-order valence-electron chi connectivity index (χ0n) is 18.1. The first kappa shape index (κ1) is 59.3. The van der Waals surface area contributed by atoms with E-state index in [-0.39, 0.29) is 65.4 Å². The van der Waals surface area contributed by atoms with Crippen LogP contribution >= 0.6 is 0 Å². The Bertz CT molecular complexity index is 575. The number of carbonyl (C=O) groups is 1. The molecule has 5 nitrogen and oxygen atoms in total. The van der Waals surface area contributed by atoms with Gasteiger partial charge >= 0.3 is 5.97 Å². The second-order valence-electron chi connectivity index (χ2n) is 6.23. The summed E-state index contributed by atoms with van der Waals surface area (Å²) < 4.78 is 19.8. The maximum atomic E-state index is 10.4. The van der Waals surface area contributed by atoms with E-state index >= 15 is 0 Å². The predicted octanol–water partition coefficient (Wildman–Crippen LogP) is 9.89. The Morgan fingerprint density at radius 1 is 0.833 bits per heavy atom. The molecular weight excluding hydrogens is 452 g/mol. The lowest BCUT2D eigenvalue weighted by molar-refractivity contribution is -0.138. The molecule has 0 N–H and O–H groups in total. The van der Waals surface area contributed by atoms with Gasteiger partial charge in [-0.05, 0) is 45.7 Å². The summed E-state index contributed by atoms with van der Waals surface area (Å²) >= 11 is 0. The minimum Gasteiger partial charge on any atom is -0.463 e. The smallest absolute Gasteiger partial charge is 0.333 e. The van der Waals surface area contributed by atoms with Crippen molar-refractivity contribution >= 4 is 11.5 Å². The lowest BCUT2D eigenvalue weighted by Gasteiger charge is -2.03. The van der Waals surface area contributed by atoms with Crippen LogP contribution in [-0.2, 0) is 30.3 Å². The Morgan fingerprint density at radius 2 is 1.28 bits per heavy atom. The van der Waals surface area contributed by atoms with Crippen molar-refractivity contribution in [3.63, 3.8) is 0 Å². The molecule has 1 unspecified atom stereocenters. The van der Waals surface area contributed by atoms with Crippen LogP contribution in [0.15, 0.2) is 43.0 Å². The van der Waals surface area contributed by atoms with Gasteiger partial charge in [-0.15, -0.1) is 0 Å². The van der Waals surface area contributed by atoms with Crippen molar-refractivity contribution in [1.29, 1.82) is 0 Å². The maximum Gasteiger partial charge on any atom is 0.333 e. The minimum atomic E-state index is -0.312. The van der Waals surface area contributed by atoms with Gasteiger partial charge in [-0.3, -0.25) is 0 Å². The maximum absolute atomic E-state index is 10.4. The van der Waals surface area contributed by atoms with Crippen molar-refractivity contribution in [2.45, 2.75) is 107 Å². The van der Waals surface area contributed by atoms with Crippen molar-refractivity contribution in [2.24, 2.45) is 0 Å². The zero-order chi connectivity index (χ0) is 21.4. The molecule has 0 aliphatic carbocycles. The van der Waals surface area contributed by atoms with Crippen LogP contribution in [0.25, 0.3) is 5.57 Å². The second-order valence-corrected chi connectivity index (χ2v) is 6.23. The first-order chi connectivity index (χ1) is 13.3. The van der Waals surface area contributed by atoms with Crippen LogP contribution in [-0.4, -0.2) is 45.1 Å². The van der Waals surface area contributed by atoms with Gasteiger partial charge in [-0.2, -0.15) is 0 Å². The molecule has 1 fully saturated rings. The van der Waals surface area contributed by atoms with Crippen LogP contribution in [0.3, 0.4) is 0 Å². The number of ether oxygens (including phenoxy) is 4. The molecule has 0 spiro atoms. The van der Waals surface area contributed by atoms with E-state index in [0.29, 0.717) is 24.9 Å². The van der Waals surface area contributed by atoms with Crippen molar-refractivity contribution in [3.05, 3.63) is 54.1 Å². The summed E-state index contributed by atoms with van der Waals surface area (Å²) in [5.41, 5.74) is 3.96. The van der Waals surface area contributed by atoms with Gasteiger partial charge in [0.2, 0.25) is 0 Å². The minimum absolute atomic E-state index is 0. The number of benzene rings is 1. The number of hydrogen-bond acceptors (Lipinski definition) is 5. The van der Waals surface area contributed by atoms with E-state index in [1.807, 2.05) is 20.8 Å². The zero-order valence-corrected chi connectivity index (χ0v) is 18.1. The van der Waals surface area contributed by atoms with Gasteiger partial charge in [0.1, 0.15) is 6.10 Å². The molecule has 1 heterocycles. The summed E-state index contributed by atoms with van der Waals surface area (Å²) in [6, 6.07) is 8.33. The van der Waals surface area contributed by atoms with Crippen molar-refractivity contribution in [1.82, 2.24) is 0 Å². The molecule has 0 radical (unpaired) electrons. The van der Waals surface area contributed by atoms with Gasteiger partial charge in [-0.1, -0.05) is 102 Å². The highest BCUT2D eigenvalue weighted by Crippen LogP contribution is 2.12. The molecule has 1 aliphatic rings. The van der Waals surface area contributed by atoms with Crippen LogP contribution in [0.5, 0.6) is 0 Å². The van der Waals surface area contributed by atoms with Crippen LogP contribution in [0.2, 0.25) is 0 Å². The Balaban J connectivity index is -0.0000000408. The van der Waals surface area contributed by atoms with Crippen LogP contribution < -0.4 is 0 Å². The van der Waals surface area contributed by atoms with E-state index in [0.717, 1.165) is 32.0 Å². The summed E-state index contributed by atoms with van der Waals surface area (Å²) in [5.74, 6) is -0.312. The van der Waals surface area contributed by atoms with Crippen molar-refractivity contribution in [3.8, 4) is 0 Å². The molecule has 0 bridgehead atoms. The molecule has 1 aromatic rings. The van der Waals surface area contributed by atoms with Gasteiger partial charge in [0, 0.05) is 18.8 Å².